The molecule has 0 bridgehead atoms. The van der Waals surface area contributed by atoms with Crippen molar-refractivity contribution in [1.29, 1.82) is 0 Å². The fourth-order valence-corrected chi connectivity index (χ4v) is 1.22. The third-order valence-electron chi connectivity index (χ3n) is 1.82. The van der Waals surface area contributed by atoms with Gasteiger partial charge in [0.1, 0.15) is 0 Å². The van der Waals surface area contributed by atoms with Gasteiger partial charge in [-0.05, 0) is 25.2 Å². The van der Waals surface area contributed by atoms with Crippen LogP contribution in [0, 0.1) is 5.92 Å². The third kappa shape index (κ3) is 19.3. The highest BCUT2D eigenvalue weighted by Gasteiger charge is 2.06. The van der Waals surface area contributed by atoms with Crippen LogP contribution in [0.2, 0.25) is 0 Å². The molecular formula is C16H38. The zero-order valence-corrected chi connectivity index (χ0v) is 13.8. The molecule has 1 aliphatic rings. The lowest BCUT2D eigenvalue weighted by atomic mass is 10.0. The van der Waals surface area contributed by atoms with Crippen LogP contribution < -0.4 is 0 Å². The smallest absolute Gasteiger partial charge is 0.0260 e. The van der Waals surface area contributed by atoms with E-state index < -0.39 is 0 Å². The molecule has 0 aromatic carbocycles. The standard InChI is InChI=1S/C8H14.4C2H6/c1-7(2)8-5-3-4-6-8;4*1-2/h5,7H,3-4,6H2,1-2H3;4*1-2H3. The van der Waals surface area contributed by atoms with E-state index in [1.54, 1.807) is 5.57 Å². The van der Waals surface area contributed by atoms with E-state index >= 15 is 0 Å². The third-order valence-corrected chi connectivity index (χ3v) is 1.82. The molecule has 0 unspecified atom stereocenters. The van der Waals surface area contributed by atoms with Crippen LogP contribution in [0.5, 0.6) is 0 Å². The fraction of sp³-hybridized carbons (Fsp3) is 0.875. The quantitative estimate of drug-likeness (QED) is 0.432. The maximum Gasteiger partial charge on any atom is -0.0260 e. The molecule has 0 N–H and O–H groups in total. The van der Waals surface area contributed by atoms with Crippen LogP contribution in [0.1, 0.15) is 88.5 Å². The van der Waals surface area contributed by atoms with E-state index in [1.165, 1.54) is 19.3 Å². The number of rotatable bonds is 1. The van der Waals surface area contributed by atoms with Crippen LogP contribution in [0.15, 0.2) is 11.6 Å². The predicted octanol–water partition coefficient (Wildman–Crippen LogP) is 6.86. The van der Waals surface area contributed by atoms with E-state index in [0.717, 1.165) is 5.92 Å². The van der Waals surface area contributed by atoms with E-state index in [4.69, 9.17) is 0 Å². The van der Waals surface area contributed by atoms with Crippen LogP contribution in [-0.4, -0.2) is 0 Å². The summed E-state index contributed by atoms with van der Waals surface area (Å²) in [5.41, 5.74) is 1.67. The van der Waals surface area contributed by atoms with Crippen LogP contribution >= 0.6 is 0 Å². The molecule has 0 atom stereocenters. The van der Waals surface area contributed by atoms with Crippen LogP contribution in [0.4, 0.5) is 0 Å². The van der Waals surface area contributed by atoms with E-state index in [0.29, 0.717) is 0 Å². The van der Waals surface area contributed by atoms with E-state index in [9.17, 15) is 0 Å². The second kappa shape index (κ2) is 29.3. The highest BCUT2D eigenvalue weighted by molar-refractivity contribution is 5.09. The Hall–Kier alpha value is -0.260. The van der Waals surface area contributed by atoms with Crippen molar-refractivity contribution in [3.05, 3.63) is 11.6 Å². The fourth-order valence-electron chi connectivity index (χ4n) is 1.22. The Labute approximate surface area is 107 Å². The van der Waals surface area contributed by atoms with Crippen LogP contribution in [-0.2, 0) is 0 Å². The molecular weight excluding hydrogens is 192 g/mol. The highest BCUT2D eigenvalue weighted by Crippen LogP contribution is 2.23. The molecule has 1 aliphatic carbocycles. The predicted molar refractivity (Wildman–Crippen MR) is 82.2 cm³/mol. The second-order valence-corrected chi connectivity index (χ2v) is 2.83. The minimum Gasteiger partial charge on any atom is -0.0851 e. The Kier molecular flexibility index (Phi) is 45.5. The van der Waals surface area contributed by atoms with Gasteiger partial charge in [0, 0.05) is 0 Å². The second-order valence-electron chi connectivity index (χ2n) is 2.83. The first-order valence-electron chi connectivity index (χ1n) is 7.49. The highest BCUT2D eigenvalue weighted by atomic mass is 14.1. The van der Waals surface area contributed by atoms with Crippen molar-refractivity contribution in [2.75, 3.05) is 0 Å². The lowest BCUT2D eigenvalue weighted by Crippen LogP contribution is -1.87. The first kappa shape index (κ1) is 24.8. The van der Waals surface area contributed by atoms with Gasteiger partial charge >= 0.3 is 0 Å². The summed E-state index contributed by atoms with van der Waals surface area (Å²) < 4.78 is 0. The van der Waals surface area contributed by atoms with Crippen molar-refractivity contribution in [1.82, 2.24) is 0 Å². The Morgan fingerprint density at radius 2 is 1.19 bits per heavy atom. The minimum absolute atomic E-state index is 0.803. The molecule has 16 heavy (non-hydrogen) atoms. The summed E-state index contributed by atoms with van der Waals surface area (Å²) in [5, 5.41) is 0. The molecule has 102 valence electrons. The molecule has 0 fully saturated rings. The van der Waals surface area contributed by atoms with Crippen molar-refractivity contribution >= 4 is 0 Å². The Balaban J connectivity index is -0.0000000771. The lowest BCUT2D eigenvalue weighted by Gasteiger charge is -2.02. The number of allylic oxidation sites excluding steroid dienone is 2. The van der Waals surface area contributed by atoms with Gasteiger partial charge in [0.2, 0.25) is 0 Å². The lowest BCUT2D eigenvalue weighted by molar-refractivity contribution is 0.726. The first-order chi connectivity index (χ1) is 7.80. The van der Waals surface area contributed by atoms with Gasteiger partial charge in [-0.1, -0.05) is 80.9 Å². The summed E-state index contributed by atoms with van der Waals surface area (Å²) in [6, 6.07) is 0. The maximum absolute atomic E-state index is 2.39. The number of hydrogen-bond acceptors (Lipinski definition) is 0. The van der Waals surface area contributed by atoms with Crippen molar-refractivity contribution in [2.24, 2.45) is 5.92 Å². The molecule has 1 rings (SSSR count). The summed E-state index contributed by atoms with van der Waals surface area (Å²) in [6.07, 6.45) is 6.48. The Morgan fingerprint density at radius 1 is 0.812 bits per heavy atom. The molecule has 0 radical (unpaired) electrons. The topological polar surface area (TPSA) is 0 Å². The summed E-state index contributed by atoms with van der Waals surface area (Å²) in [6.45, 7) is 20.5. The monoisotopic (exact) mass is 230 g/mol. The minimum atomic E-state index is 0.803. The summed E-state index contributed by atoms with van der Waals surface area (Å²) in [4.78, 5) is 0. The van der Waals surface area contributed by atoms with Gasteiger partial charge in [-0.3, -0.25) is 0 Å². The zero-order valence-electron chi connectivity index (χ0n) is 13.8. The van der Waals surface area contributed by atoms with Crippen LogP contribution in [0.3, 0.4) is 0 Å². The average molecular weight is 230 g/mol. The maximum atomic E-state index is 2.39. The van der Waals surface area contributed by atoms with E-state index in [-0.39, 0.29) is 0 Å². The molecule has 0 spiro atoms. The molecule has 0 nitrogen and oxygen atoms in total. The van der Waals surface area contributed by atoms with Gasteiger partial charge in [-0.25, -0.2) is 0 Å². The van der Waals surface area contributed by atoms with Gasteiger partial charge < -0.3 is 0 Å². The summed E-state index contributed by atoms with van der Waals surface area (Å²) in [5.74, 6) is 0.803. The molecule has 0 heteroatoms. The Morgan fingerprint density at radius 3 is 1.31 bits per heavy atom. The largest absolute Gasteiger partial charge is 0.0851 e. The van der Waals surface area contributed by atoms with Crippen molar-refractivity contribution in [3.63, 3.8) is 0 Å². The molecule has 0 amide bonds. The Bertz CT molecular complexity index is 98.6. The summed E-state index contributed by atoms with van der Waals surface area (Å²) >= 11 is 0. The molecule has 0 saturated carbocycles. The normalized spacial score (nSPS) is 11.3. The van der Waals surface area contributed by atoms with Crippen molar-refractivity contribution < 1.29 is 0 Å². The zero-order chi connectivity index (χ0) is 14.0. The van der Waals surface area contributed by atoms with Gasteiger partial charge in [0.25, 0.3) is 0 Å². The molecule has 0 aromatic rings. The molecule has 0 aromatic heterocycles. The average Bonchev–Trinajstić information content (AvgIpc) is 2.93. The van der Waals surface area contributed by atoms with Gasteiger partial charge in [0.05, 0.1) is 0 Å². The van der Waals surface area contributed by atoms with Crippen LogP contribution in [0.25, 0.3) is 0 Å². The van der Waals surface area contributed by atoms with Crippen molar-refractivity contribution in [2.45, 2.75) is 88.5 Å². The van der Waals surface area contributed by atoms with Crippen molar-refractivity contribution in [3.8, 4) is 0 Å². The van der Waals surface area contributed by atoms with E-state index in [1.807, 2.05) is 55.4 Å². The SMILES string of the molecule is CC.CC.CC.CC.CC(C)C1=CCCC1. The van der Waals surface area contributed by atoms with Gasteiger partial charge in [-0.15, -0.1) is 0 Å². The molecule has 0 aliphatic heterocycles. The van der Waals surface area contributed by atoms with E-state index in [2.05, 4.69) is 19.9 Å². The number of hydrogen-bond donors (Lipinski definition) is 0. The molecule has 0 saturated heterocycles. The summed E-state index contributed by atoms with van der Waals surface area (Å²) in [7, 11) is 0. The molecule has 0 heterocycles. The van der Waals surface area contributed by atoms with Gasteiger partial charge in [0.15, 0.2) is 0 Å². The van der Waals surface area contributed by atoms with Gasteiger partial charge in [-0.2, -0.15) is 0 Å². The first-order valence-corrected chi connectivity index (χ1v) is 7.49.